The first-order valence-electron chi connectivity index (χ1n) is 6.80. The van der Waals surface area contributed by atoms with E-state index in [0.717, 1.165) is 38.5 Å². The standard InChI is InChI=1S/C13H21NO4/c15-12(11-6-1-2-7-18-11)14-8-9-4-3-5-10(9)13(16)17/h9-11H,1-8H2,(H,14,15)(H,16,17). The second-order valence-corrected chi connectivity index (χ2v) is 5.24. The van der Waals surface area contributed by atoms with Gasteiger partial charge in [-0.05, 0) is 38.0 Å². The van der Waals surface area contributed by atoms with Crippen molar-refractivity contribution in [2.24, 2.45) is 11.8 Å². The molecule has 102 valence electrons. The maximum absolute atomic E-state index is 11.8. The van der Waals surface area contributed by atoms with Crippen LogP contribution in [0.15, 0.2) is 0 Å². The monoisotopic (exact) mass is 255 g/mol. The van der Waals surface area contributed by atoms with E-state index in [0.29, 0.717) is 13.2 Å². The van der Waals surface area contributed by atoms with Gasteiger partial charge in [0.2, 0.25) is 5.91 Å². The molecule has 3 atom stereocenters. The number of rotatable bonds is 4. The second-order valence-electron chi connectivity index (χ2n) is 5.24. The van der Waals surface area contributed by atoms with Gasteiger partial charge in [0.15, 0.2) is 0 Å². The number of aliphatic carboxylic acids is 1. The lowest BCUT2D eigenvalue weighted by Gasteiger charge is -2.23. The van der Waals surface area contributed by atoms with Gasteiger partial charge in [-0.15, -0.1) is 0 Å². The second kappa shape index (κ2) is 6.18. The van der Waals surface area contributed by atoms with Gasteiger partial charge in [-0.2, -0.15) is 0 Å². The molecule has 3 unspecified atom stereocenters. The fraction of sp³-hybridized carbons (Fsp3) is 0.846. The molecule has 1 aliphatic heterocycles. The predicted octanol–water partition coefficient (Wildman–Crippen LogP) is 1.17. The number of carbonyl (C=O) groups excluding carboxylic acids is 1. The van der Waals surface area contributed by atoms with E-state index in [-0.39, 0.29) is 23.8 Å². The van der Waals surface area contributed by atoms with Crippen LogP contribution >= 0.6 is 0 Å². The average molecular weight is 255 g/mol. The predicted molar refractivity (Wildman–Crippen MR) is 65.1 cm³/mol. The molecule has 0 bridgehead atoms. The van der Waals surface area contributed by atoms with Gasteiger partial charge in [0, 0.05) is 13.2 Å². The molecule has 5 nitrogen and oxygen atoms in total. The normalized spacial score (nSPS) is 32.1. The van der Waals surface area contributed by atoms with Gasteiger partial charge in [-0.25, -0.2) is 0 Å². The largest absolute Gasteiger partial charge is 0.481 e. The van der Waals surface area contributed by atoms with Crippen molar-refractivity contribution >= 4 is 11.9 Å². The minimum absolute atomic E-state index is 0.0780. The van der Waals surface area contributed by atoms with Crippen LogP contribution in [0.4, 0.5) is 0 Å². The maximum atomic E-state index is 11.8. The third-order valence-corrected chi connectivity index (χ3v) is 3.99. The average Bonchev–Trinajstić information content (AvgIpc) is 2.85. The summed E-state index contributed by atoms with van der Waals surface area (Å²) in [6.07, 6.45) is 5.06. The molecule has 2 rings (SSSR count). The molecule has 0 spiro atoms. The highest BCUT2D eigenvalue weighted by atomic mass is 16.5. The third-order valence-electron chi connectivity index (χ3n) is 3.99. The summed E-state index contributed by atoms with van der Waals surface area (Å²) in [5, 5.41) is 11.9. The van der Waals surface area contributed by atoms with E-state index in [1.54, 1.807) is 0 Å². The SMILES string of the molecule is O=C(NCC1CCCC1C(=O)O)C1CCCCO1. The van der Waals surface area contributed by atoms with Crippen molar-refractivity contribution in [3.05, 3.63) is 0 Å². The van der Waals surface area contributed by atoms with Crippen molar-refractivity contribution in [3.8, 4) is 0 Å². The van der Waals surface area contributed by atoms with Crippen LogP contribution < -0.4 is 5.32 Å². The van der Waals surface area contributed by atoms with Crippen LogP contribution in [0, 0.1) is 11.8 Å². The van der Waals surface area contributed by atoms with Crippen LogP contribution in [0.5, 0.6) is 0 Å². The Balaban J connectivity index is 1.76. The highest BCUT2D eigenvalue weighted by Crippen LogP contribution is 2.31. The molecule has 0 aromatic rings. The van der Waals surface area contributed by atoms with Gasteiger partial charge in [-0.3, -0.25) is 9.59 Å². The first-order valence-corrected chi connectivity index (χ1v) is 6.80. The van der Waals surface area contributed by atoms with E-state index in [2.05, 4.69) is 5.32 Å². The van der Waals surface area contributed by atoms with Crippen LogP contribution in [0.1, 0.15) is 38.5 Å². The Labute approximate surface area is 107 Å². The fourth-order valence-corrected chi connectivity index (χ4v) is 2.90. The zero-order chi connectivity index (χ0) is 13.0. The lowest BCUT2D eigenvalue weighted by Crippen LogP contribution is -2.41. The highest BCUT2D eigenvalue weighted by Gasteiger charge is 2.33. The summed E-state index contributed by atoms with van der Waals surface area (Å²) in [6.45, 7) is 1.12. The molecular formula is C13H21NO4. The van der Waals surface area contributed by atoms with Gasteiger partial charge in [0.05, 0.1) is 5.92 Å². The molecular weight excluding hydrogens is 234 g/mol. The molecule has 1 amide bonds. The Morgan fingerprint density at radius 1 is 1.17 bits per heavy atom. The van der Waals surface area contributed by atoms with Crippen molar-refractivity contribution in [2.45, 2.75) is 44.6 Å². The zero-order valence-electron chi connectivity index (χ0n) is 10.6. The molecule has 0 radical (unpaired) electrons. The van der Waals surface area contributed by atoms with Crippen LogP contribution in [0.3, 0.4) is 0 Å². The highest BCUT2D eigenvalue weighted by molar-refractivity contribution is 5.81. The van der Waals surface area contributed by atoms with Crippen LogP contribution in [-0.2, 0) is 14.3 Å². The number of carboxylic acids is 1. The molecule has 1 saturated heterocycles. The Morgan fingerprint density at radius 3 is 2.67 bits per heavy atom. The molecule has 1 saturated carbocycles. The van der Waals surface area contributed by atoms with Gasteiger partial charge in [-0.1, -0.05) is 6.42 Å². The fourth-order valence-electron chi connectivity index (χ4n) is 2.90. The van der Waals surface area contributed by atoms with Gasteiger partial charge < -0.3 is 15.2 Å². The minimum Gasteiger partial charge on any atom is -0.481 e. The van der Waals surface area contributed by atoms with Crippen molar-refractivity contribution in [1.82, 2.24) is 5.32 Å². The maximum Gasteiger partial charge on any atom is 0.306 e. The Bertz CT molecular complexity index is 312. The van der Waals surface area contributed by atoms with E-state index in [1.165, 1.54) is 0 Å². The van der Waals surface area contributed by atoms with Crippen LogP contribution in [0.2, 0.25) is 0 Å². The lowest BCUT2D eigenvalue weighted by molar-refractivity contribution is -0.143. The van der Waals surface area contributed by atoms with Crippen molar-refractivity contribution in [1.29, 1.82) is 0 Å². The minimum atomic E-state index is -0.735. The summed E-state index contributed by atoms with van der Waals surface area (Å²) in [7, 11) is 0. The van der Waals surface area contributed by atoms with Gasteiger partial charge >= 0.3 is 5.97 Å². The Hall–Kier alpha value is -1.10. The van der Waals surface area contributed by atoms with Crippen molar-refractivity contribution in [3.63, 3.8) is 0 Å². The summed E-state index contributed by atoms with van der Waals surface area (Å²) in [6, 6.07) is 0. The molecule has 0 aromatic carbocycles. The Morgan fingerprint density at radius 2 is 2.00 bits per heavy atom. The zero-order valence-corrected chi connectivity index (χ0v) is 10.6. The van der Waals surface area contributed by atoms with Gasteiger partial charge in [0.1, 0.15) is 6.10 Å². The molecule has 18 heavy (non-hydrogen) atoms. The molecule has 5 heteroatoms. The summed E-state index contributed by atoms with van der Waals surface area (Å²) in [5.41, 5.74) is 0. The number of carbonyl (C=O) groups is 2. The number of hydrogen-bond acceptors (Lipinski definition) is 3. The quantitative estimate of drug-likeness (QED) is 0.790. The smallest absolute Gasteiger partial charge is 0.306 e. The summed E-state index contributed by atoms with van der Waals surface area (Å²) in [4.78, 5) is 22.9. The Kier molecular flexibility index (Phi) is 4.58. The lowest BCUT2D eigenvalue weighted by atomic mass is 9.96. The van der Waals surface area contributed by atoms with E-state index < -0.39 is 5.97 Å². The van der Waals surface area contributed by atoms with Crippen molar-refractivity contribution < 1.29 is 19.4 Å². The van der Waals surface area contributed by atoms with Crippen molar-refractivity contribution in [2.75, 3.05) is 13.2 Å². The molecule has 1 heterocycles. The van der Waals surface area contributed by atoms with E-state index in [9.17, 15) is 9.59 Å². The molecule has 2 fully saturated rings. The summed E-state index contributed by atoms with van der Waals surface area (Å²) >= 11 is 0. The number of ether oxygens (including phenoxy) is 1. The molecule has 1 aliphatic carbocycles. The molecule has 0 aromatic heterocycles. The topological polar surface area (TPSA) is 75.6 Å². The van der Waals surface area contributed by atoms with E-state index in [4.69, 9.17) is 9.84 Å². The van der Waals surface area contributed by atoms with E-state index >= 15 is 0 Å². The number of carboxylic acid groups (broad SMARTS) is 1. The third kappa shape index (κ3) is 3.22. The first kappa shape index (κ1) is 13.3. The van der Waals surface area contributed by atoms with Crippen LogP contribution in [0.25, 0.3) is 0 Å². The number of hydrogen-bond donors (Lipinski definition) is 2. The number of amides is 1. The van der Waals surface area contributed by atoms with Crippen LogP contribution in [-0.4, -0.2) is 36.2 Å². The molecule has 2 aliphatic rings. The summed E-state index contributed by atoms with van der Waals surface area (Å²) < 4.78 is 5.40. The summed E-state index contributed by atoms with van der Waals surface area (Å²) in [5.74, 6) is -1.03. The first-order chi connectivity index (χ1) is 8.68. The van der Waals surface area contributed by atoms with E-state index in [1.807, 2.05) is 0 Å². The molecule has 2 N–H and O–H groups in total. The number of nitrogens with one attached hydrogen (secondary N) is 1. The van der Waals surface area contributed by atoms with Gasteiger partial charge in [0.25, 0.3) is 0 Å².